The summed E-state index contributed by atoms with van der Waals surface area (Å²) in [6, 6.07) is 40.4. The van der Waals surface area contributed by atoms with Crippen molar-refractivity contribution in [1.29, 1.82) is 0 Å². The average Bonchev–Trinajstić information content (AvgIpc) is 1.73. The van der Waals surface area contributed by atoms with E-state index in [1.54, 1.807) is 45.3 Å². The molecule has 10 aromatic rings. The third-order valence-corrected chi connectivity index (χ3v) is 21.9. The molecule has 0 atom stereocenters. The summed E-state index contributed by atoms with van der Waals surface area (Å²) in [5, 5.41) is 9.27. The average molecular weight is 1360 g/mol. The SMILES string of the molecule is CC1(C)OB(C2=CCN(C(=O)OCc3ccccc3)C23CCOCC3)OC1(C)C.Ic1cc2c(Nc3ccc4scnc4c3)ccnc2s1.O=C(OCc1ccccc1)N1CC=C(c2cc3c(Nc4ccc5scnc5c4)ccnc3s2)C12CCOCC2. The molecule has 0 saturated carbocycles. The molecular formula is C66H64BIN8O8S4. The van der Waals surface area contributed by atoms with Gasteiger partial charge in [0.05, 0.1) is 68.0 Å². The van der Waals surface area contributed by atoms with Crippen LogP contribution in [-0.2, 0) is 41.5 Å². The summed E-state index contributed by atoms with van der Waals surface area (Å²) in [7, 11) is -0.468. The van der Waals surface area contributed by atoms with Crippen molar-refractivity contribution in [1.82, 2.24) is 29.7 Å². The predicted octanol–water partition coefficient (Wildman–Crippen LogP) is 16.2. The molecule has 450 valence electrons. The van der Waals surface area contributed by atoms with E-state index in [0.29, 0.717) is 52.4 Å². The summed E-state index contributed by atoms with van der Waals surface area (Å²) in [6.45, 7) is 12.1. The van der Waals surface area contributed by atoms with E-state index in [2.05, 4.69) is 114 Å². The second-order valence-electron chi connectivity index (χ2n) is 23.1. The number of hydrogen-bond acceptors (Lipinski definition) is 18. The number of fused-ring (bicyclic) bond motifs is 4. The maximum atomic E-state index is 13.4. The van der Waals surface area contributed by atoms with Crippen LogP contribution in [0.25, 0.3) is 46.4 Å². The monoisotopic (exact) mass is 1360 g/mol. The fraction of sp³-hybridized carbons (Fsp3) is 0.303. The Morgan fingerprint density at radius 2 is 1.08 bits per heavy atom. The number of pyridine rings is 2. The highest BCUT2D eigenvalue weighted by molar-refractivity contribution is 14.1. The zero-order valence-corrected chi connectivity index (χ0v) is 54.5. The lowest BCUT2D eigenvalue weighted by Crippen LogP contribution is -2.55. The topological polar surface area (TPSA) is 172 Å². The minimum absolute atomic E-state index is 0.257. The summed E-state index contributed by atoms with van der Waals surface area (Å²) >= 11 is 9.00. The molecule has 16 nitrogen and oxygen atoms in total. The number of halogens is 1. The van der Waals surface area contributed by atoms with Crippen LogP contribution in [0.5, 0.6) is 0 Å². The number of nitrogens with zero attached hydrogens (tertiary/aromatic N) is 6. The van der Waals surface area contributed by atoms with Gasteiger partial charge in [-0.15, -0.1) is 45.3 Å². The molecule has 11 heterocycles. The van der Waals surface area contributed by atoms with Crippen molar-refractivity contribution >= 4 is 156 Å². The van der Waals surface area contributed by atoms with E-state index in [1.165, 1.54) is 23.2 Å². The quantitative estimate of drug-likeness (QED) is 0.0978. The van der Waals surface area contributed by atoms with Gasteiger partial charge in [0.15, 0.2) is 0 Å². The zero-order chi connectivity index (χ0) is 60.5. The number of rotatable bonds is 10. The summed E-state index contributed by atoms with van der Waals surface area (Å²) in [5.74, 6) is 0. The normalized spacial score (nSPS) is 18.0. The molecule has 5 aliphatic rings. The standard InChI is InChI=1S/C30H26N4O3S2.C22H30BNO5.C14H8IN3S2/c35-29(37-18-20-4-2-1-3-5-20)34-13-9-23(30(34)10-14-36-15-11-30)27-17-22-24(8-12-31-28(22)39-27)33-21-6-7-26-25(16-21)32-19-38-26;1-20(2)21(3,4)29-23(28-20)18-10-13-24(22(18)11-14-26-15-12-22)19(25)27-16-17-8-6-5-7-9-17;15-13-6-9-10(3-4-16-14(9)20-13)18-8-1-2-12-11(5-8)17-7-19-12/h1-9,12,16-17,19H,10-11,13-15,18H2,(H,31,33);5-10H,11-16H2,1-4H3;1-7H,(H,16,18). The van der Waals surface area contributed by atoms with Crippen LogP contribution >= 0.6 is 67.9 Å². The molecule has 2 amide bonds. The van der Waals surface area contributed by atoms with Gasteiger partial charge in [-0.1, -0.05) is 72.8 Å². The van der Waals surface area contributed by atoms with Crippen LogP contribution in [0.3, 0.4) is 0 Å². The first-order chi connectivity index (χ1) is 42.7. The molecule has 0 aliphatic carbocycles. The van der Waals surface area contributed by atoms with Gasteiger partial charge in [-0.25, -0.2) is 29.5 Å². The first-order valence-corrected chi connectivity index (χ1v) is 33.7. The number of aromatic nitrogens is 4. The molecule has 2 spiro atoms. The van der Waals surface area contributed by atoms with Gasteiger partial charge in [-0.05, 0) is 159 Å². The van der Waals surface area contributed by atoms with Crippen LogP contribution in [0.1, 0.15) is 69.4 Å². The zero-order valence-electron chi connectivity index (χ0n) is 49.0. The Bertz CT molecular complexity index is 4200. The van der Waals surface area contributed by atoms with Gasteiger partial charge in [-0.3, -0.25) is 9.80 Å². The summed E-state index contributed by atoms with van der Waals surface area (Å²) in [6.07, 6.45) is 10.3. The Labute approximate surface area is 540 Å². The predicted molar refractivity (Wildman–Crippen MR) is 362 cm³/mol. The lowest BCUT2D eigenvalue weighted by atomic mass is 9.64. The number of carbonyl (C=O) groups excluding carboxylic acids is 2. The number of hydrogen-bond donors (Lipinski definition) is 2. The Balaban J connectivity index is 0.000000128. The first-order valence-electron chi connectivity index (χ1n) is 29.3. The fourth-order valence-corrected chi connectivity index (χ4v) is 16.2. The molecule has 22 heteroatoms. The number of benzene rings is 4. The number of thiazole rings is 2. The van der Waals surface area contributed by atoms with Crippen molar-refractivity contribution in [3.8, 4) is 0 Å². The van der Waals surface area contributed by atoms with Crippen LogP contribution in [0, 0.1) is 2.88 Å². The molecule has 0 unspecified atom stereocenters. The van der Waals surface area contributed by atoms with E-state index in [1.807, 2.05) is 134 Å². The van der Waals surface area contributed by atoms with Gasteiger partial charge >= 0.3 is 19.3 Å². The summed E-state index contributed by atoms with van der Waals surface area (Å²) in [5.41, 5.74) is 12.2. The number of carbonyl (C=O) groups is 2. The Kier molecular flexibility index (Phi) is 17.4. The summed E-state index contributed by atoms with van der Waals surface area (Å²) in [4.78, 5) is 51.2. The molecule has 0 radical (unpaired) electrons. The highest BCUT2D eigenvalue weighted by Gasteiger charge is 2.60. The van der Waals surface area contributed by atoms with E-state index >= 15 is 0 Å². The Morgan fingerprint density at radius 3 is 1.62 bits per heavy atom. The van der Waals surface area contributed by atoms with E-state index < -0.39 is 29.4 Å². The minimum atomic E-state index is -0.479. The van der Waals surface area contributed by atoms with Crippen LogP contribution in [0.4, 0.5) is 32.3 Å². The largest absolute Gasteiger partial charge is 0.492 e. The molecule has 2 N–H and O–H groups in total. The third kappa shape index (κ3) is 12.3. The van der Waals surface area contributed by atoms with Crippen molar-refractivity contribution in [2.45, 2.75) is 88.9 Å². The van der Waals surface area contributed by atoms with E-state index in [0.717, 1.165) is 83.1 Å². The van der Waals surface area contributed by atoms with Gasteiger partial charge < -0.3 is 38.9 Å². The van der Waals surface area contributed by atoms with Crippen LogP contribution < -0.4 is 10.6 Å². The maximum absolute atomic E-state index is 13.4. The highest BCUT2D eigenvalue weighted by atomic mass is 127. The Morgan fingerprint density at radius 1 is 0.591 bits per heavy atom. The number of thiophene rings is 2. The molecule has 15 rings (SSSR count). The maximum Gasteiger partial charge on any atom is 0.492 e. The molecular weight excluding hydrogens is 1300 g/mol. The van der Waals surface area contributed by atoms with Crippen LogP contribution in [-0.4, -0.2) is 111 Å². The van der Waals surface area contributed by atoms with Gasteiger partial charge in [0, 0.05) is 78.9 Å². The van der Waals surface area contributed by atoms with Crippen LogP contribution in [0.2, 0.25) is 0 Å². The van der Waals surface area contributed by atoms with Gasteiger partial charge in [0.1, 0.15) is 22.9 Å². The highest BCUT2D eigenvalue weighted by Crippen LogP contribution is 2.50. The molecule has 3 saturated heterocycles. The molecule has 88 heavy (non-hydrogen) atoms. The van der Waals surface area contributed by atoms with E-state index in [4.69, 9.17) is 28.3 Å². The second-order valence-corrected chi connectivity index (χ2v) is 28.8. The number of ether oxygens (including phenoxy) is 4. The van der Waals surface area contributed by atoms with Gasteiger partial charge in [-0.2, -0.15) is 0 Å². The van der Waals surface area contributed by atoms with Gasteiger partial charge in [0.2, 0.25) is 0 Å². The molecule has 3 fully saturated rings. The summed E-state index contributed by atoms with van der Waals surface area (Å²) < 4.78 is 39.1. The van der Waals surface area contributed by atoms with Gasteiger partial charge in [0.25, 0.3) is 0 Å². The molecule has 4 aromatic carbocycles. The number of nitrogens with one attached hydrogen (secondary N) is 2. The Hall–Kier alpha value is -6.87. The minimum Gasteiger partial charge on any atom is -0.445 e. The van der Waals surface area contributed by atoms with Crippen molar-refractivity contribution in [2.75, 3.05) is 50.2 Å². The molecule has 0 bridgehead atoms. The lowest BCUT2D eigenvalue weighted by molar-refractivity contribution is 0.000170. The first kappa shape index (κ1) is 60.1. The number of anilines is 4. The molecule has 6 aromatic heterocycles. The number of amides is 2. The van der Waals surface area contributed by atoms with Crippen molar-refractivity contribution in [3.63, 3.8) is 0 Å². The van der Waals surface area contributed by atoms with Crippen molar-refractivity contribution in [2.24, 2.45) is 0 Å². The van der Waals surface area contributed by atoms with Crippen molar-refractivity contribution in [3.05, 3.63) is 181 Å². The van der Waals surface area contributed by atoms with Crippen LogP contribution in [0.15, 0.2) is 162 Å². The second kappa shape index (κ2) is 25.6. The molecule has 5 aliphatic heterocycles. The van der Waals surface area contributed by atoms with Crippen molar-refractivity contribution < 1.29 is 37.8 Å². The van der Waals surface area contributed by atoms with E-state index in [-0.39, 0.29) is 25.4 Å². The lowest BCUT2D eigenvalue weighted by Gasteiger charge is -2.43. The third-order valence-electron chi connectivity index (χ3n) is 17.4. The fourth-order valence-electron chi connectivity index (χ4n) is 12.0. The van der Waals surface area contributed by atoms with E-state index in [9.17, 15) is 9.59 Å². The smallest absolute Gasteiger partial charge is 0.445 e.